The van der Waals surface area contributed by atoms with Crippen LogP contribution >= 0.6 is 23.2 Å². The molecule has 1 amide bonds. The second-order valence-electron chi connectivity index (χ2n) is 5.97. The van der Waals surface area contributed by atoms with Crippen molar-refractivity contribution < 1.29 is 19.1 Å². The third kappa shape index (κ3) is 5.64. The van der Waals surface area contributed by atoms with Crippen LogP contribution in [0.15, 0.2) is 36.4 Å². The zero-order chi connectivity index (χ0) is 18.9. The normalized spacial score (nSPS) is 19.2. The number of nitrogens with one attached hydrogen (secondary N) is 1. The van der Waals surface area contributed by atoms with Gasteiger partial charge in [-0.3, -0.25) is 9.59 Å². The van der Waals surface area contributed by atoms with Crippen LogP contribution in [-0.4, -0.2) is 36.3 Å². The van der Waals surface area contributed by atoms with Gasteiger partial charge in [-0.25, -0.2) is 0 Å². The van der Waals surface area contributed by atoms with Crippen LogP contribution in [-0.2, 0) is 14.3 Å². The van der Waals surface area contributed by atoms with Gasteiger partial charge in [-0.05, 0) is 44.0 Å². The second-order valence-corrected chi connectivity index (χ2v) is 6.59. The molecule has 0 aliphatic heterocycles. The van der Waals surface area contributed by atoms with E-state index in [1.165, 1.54) is 0 Å². The van der Waals surface area contributed by atoms with Crippen LogP contribution in [0.5, 0.6) is 5.75 Å². The van der Waals surface area contributed by atoms with E-state index in [1.807, 2.05) is 19.1 Å². The molecule has 26 heavy (non-hydrogen) atoms. The van der Waals surface area contributed by atoms with Crippen molar-refractivity contribution in [2.45, 2.75) is 25.9 Å². The summed E-state index contributed by atoms with van der Waals surface area (Å²) in [5.41, 5.74) is 0.652. The number of hydrogen-bond acceptors (Lipinski definition) is 4. The van der Waals surface area contributed by atoms with Gasteiger partial charge in [0, 0.05) is 5.69 Å². The molecule has 1 aromatic rings. The number of hydrogen-bond donors (Lipinski definition) is 1. The van der Waals surface area contributed by atoms with Gasteiger partial charge in [0.05, 0.1) is 30.2 Å². The summed E-state index contributed by atoms with van der Waals surface area (Å²) < 4.78 is 10.7. The van der Waals surface area contributed by atoms with E-state index in [9.17, 15) is 9.59 Å². The third-order valence-electron chi connectivity index (χ3n) is 4.13. The third-order valence-corrected chi connectivity index (χ3v) is 4.82. The first-order chi connectivity index (χ1) is 12.6. The van der Waals surface area contributed by atoms with Gasteiger partial charge in [-0.1, -0.05) is 12.2 Å². The van der Waals surface area contributed by atoms with Crippen molar-refractivity contribution in [3.63, 3.8) is 0 Å². The van der Waals surface area contributed by atoms with Crippen LogP contribution in [0.2, 0.25) is 0 Å². The summed E-state index contributed by atoms with van der Waals surface area (Å²) in [6.07, 6.45) is 4.19. The highest BCUT2D eigenvalue weighted by atomic mass is 35.5. The number of rotatable bonds is 8. The Morgan fingerprint density at radius 1 is 1.12 bits per heavy atom. The summed E-state index contributed by atoms with van der Waals surface area (Å²) in [5, 5.41) is 2.86. The molecule has 1 aliphatic rings. The minimum atomic E-state index is -0.549. The zero-order valence-corrected chi connectivity index (χ0v) is 16.1. The van der Waals surface area contributed by atoms with Crippen LogP contribution in [0.3, 0.4) is 0 Å². The number of esters is 1. The van der Waals surface area contributed by atoms with Crippen molar-refractivity contribution in [2.75, 3.05) is 23.7 Å². The largest absolute Gasteiger partial charge is 0.494 e. The number of benzene rings is 1. The van der Waals surface area contributed by atoms with E-state index in [0.29, 0.717) is 25.1 Å². The maximum Gasteiger partial charge on any atom is 0.310 e. The van der Waals surface area contributed by atoms with Gasteiger partial charge in [0.15, 0.2) is 0 Å². The number of halogens is 2. The molecular weight excluding hydrogens is 377 g/mol. The molecule has 0 bridgehead atoms. The van der Waals surface area contributed by atoms with E-state index < -0.39 is 23.9 Å². The van der Waals surface area contributed by atoms with Crippen molar-refractivity contribution in [2.24, 2.45) is 11.8 Å². The fraction of sp³-hybridized carbons (Fsp3) is 0.474. The molecule has 0 spiro atoms. The molecule has 0 heterocycles. The average molecular weight is 400 g/mol. The summed E-state index contributed by atoms with van der Waals surface area (Å²) in [7, 11) is 0. The van der Waals surface area contributed by atoms with Crippen molar-refractivity contribution in [3.8, 4) is 5.75 Å². The minimum Gasteiger partial charge on any atom is -0.494 e. The molecule has 0 saturated heterocycles. The summed E-state index contributed by atoms with van der Waals surface area (Å²) in [6.45, 7) is 2.49. The number of allylic oxidation sites excluding steroid dienone is 2. The first kappa shape index (κ1) is 20.6. The van der Waals surface area contributed by atoms with E-state index in [0.717, 1.165) is 5.75 Å². The molecule has 0 aromatic heterocycles. The predicted molar refractivity (Wildman–Crippen MR) is 103 cm³/mol. The number of anilines is 1. The zero-order valence-electron chi connectivity index (χ0n) is 14.6. The minimum absolute atomic E-state index is 0.126. The Morgan fingerprint density at radius 3 is 2.31 bits per heavy atom. The first-order valence-electron chi connectivity index (χ1n) is 8.60. The lowest BCUT2D eigenvalue weighted by atomic mass is 9.82. The van der Waals surface area contributed by atoms with E-state index in [1.54, 1.807) is 24.3 Å². The fourth-order valence-corrected chi connectivity index (χ4v) is 3.21. The number of ether oxygens (including phenoxy) is 2. The highest BCUT2D eigenvalue weighted by Crippen LogP contribution is 2.29. The second kappa shape index (κ2) is 10.4. The van der Waals surface area contributed by atoms with Gasteiger partial charge in [-0.2, -0.15) is 0 Å². The Bertz CT molecular complexity index is 629. The van der Waals surface area contributed by atoms with Crippen molar-refractivity contribution in [3.05, 3.63) is 36.4 Å². The van der Waals surface area contributed by atoms with Crippen molar-refractivity contribution in [1.82, 2.24) is 0 Å². The van der Waals surface area contributed by atoms with Gasteiger partial charge < -0.3 is 14.8 Å². The summed E-state index contributed by atoms with van der Waals surface area (Å²) in [5.74, 6) is -0.703. The Kier molecular flexibility index (Phi) is 8.26. The number of amides is 1. The highest BCUT2D eigenvalue weighted by Gasteiger charge is 2.36. The van der Waals surface area contributed by atoms with E-state index >= 15 is 0 Å². The Balaban J connectivity index is 2.02. The first-order valence-corrected chi connectivity index (χ1v) is 9.67. The molecule has 2 rings (SSSR count). The lowest BCUT2D eigenvalue weighted by molar-refractivity contribution is -0.155. The number of carbonyl (C=O) groups is 2. The van der Waals surface area contributed by atoms with Crippen molar-refractivity contribution in [1.29, 1.82) is 0 Å². The number of alkyl halides is 2. The van der Waals surface area contributed by atoms with Crippen molar-refractivity contribution >= 4 is 40.8 Å². The molecule has 1 aromatic carbocycles. The standard InChI is InChI=1S/C19H23Cl2NO4/c1-2-25-14-9-7-13(8-10-14)22-18(23)16-5-3-4-6-17(16)19(24)26-15(11-20)12-21/h3-4,7-10,15-17H,2,5-6,11-12H2,1H3,(H,22,23)/t16-,17+/m1/s1. The SMILES string of the molecule is CCOc1ccc(NC(=O)[C@@H]2CC=CC[C@@H]2C(=O)OC(CCl)CCl)cc1. The molecule has 0 unspecified atom stereocenters. The number of carbonyl (C=O) groups excluding carboxylic acids is 2. The fourth-order valence-electron chi connectivity index (χ4n) is 2.76. The van der Waals surface area contributed by atoms with E-state index in [4.69, 9.17) is 32.7 Å². The smallest absolute Gasteiger partial charge is 0.310 e. The van der Waals surface area contributed by atoms with Crippen LogP contribution in [0.4, 0.5) is 5.69 Å². The highest BCUT2D eigenvalue weighted by molar-refractivity contribution is 6.21. The molecule has 2 atom stereocenters. The molecule has 0 radical (unpaired) electrons. The molecule has 7 heteroatoms. The summed E-state index contributed by atoms with van der Waals surface area (Å²) in [6, 6.07) is 7.12. The summed E-state index contributed by atoms with van der Waals surface area (Å²) >= 11 is 11.5. The van der Waals surface area contributed by atoms with Crippen LogP contribution in [0.25, 0.3) is 0 Å². The van der Waals surface area contributed by atoms with Gasteiger partial charge in [0.2, 0.25) is 5.91 Å². The predicted octanol–water partition coefficient (Wildman–Crippen LogP) is 4.00. The van der Waals surface area contributed by atoms with Crippen LogP contribution < -0.4 is 10.1 Å². The van der Waals surface area contributed by atoms with Crippen LogP contribution in [0, 0.1) is 11.8 Å². The van der Waals surface area contributed by atoms with Gasteiger partial charge in [0.25, 0.3) is 0 Å². The summed E-state index contributed by atoms with van der Waals surface area (Å²) in [4.78, 5) is 25.1. The van der Waals surface area contributed by atoms with E-state index in [2.05, 4.69) is 5.32 Å². The Hall–Kier alpha value is -1.72. The lowest BCUT2D eigenvalue weighted by Gasteiger charge is -2.27. The van der Waals surface area contributed by atoms with Gasteiger partial charge in [-0.15, -0.1) is 23.2 Å². The molecule has 5 nitrogen and oxygen atoms in total. The maximum atomic E-state index is 12.7. The Labute approximate surface area is 163 Å². The maximum absolute atomic E-state index is 12.7. The lowest BCUT2D eigenvalue weighted by Crippen LogP contribution is -2.37. The topological polar surface area (TPSA) is 64.6 Å². The molecule has 142 valence electrons. The van der Waals surface area contributed by atoms with Gasteiger partial charge in [0.1, 0.15) is 11.9 Å². The van der Waals surface area contributed by atoms with E-state index in [-0.39, 0.29) is 17.7 Å². The van der Waals surface area contributed by atoms with Crippen LogP contribution in [0.1, 0.15) is 19.8 Å². The molecule has 0 saturated carbocycles. The Morgan fingerprint density at radius 2 is 1.73 bits per heavy atom. The average Bonchev–Trinajstić information content (AvgIpc) is 2.67. The quantitative estimate of drug-likeness (QED) is 0.407. The molecule has 1 N–H and O–H groups in total. The van der Waals surface area contributed by atoms with Gasteiger partial charge >= 0.3 is 5.97 Å². The molecular formula is C19H23Cl2NO4. The molecule has 0 fully saturated rings. The molecule has 1 aliphatic carbocycles. The monoisotopic (exact) mass is 399 g/mol.